The summed E-state index contributed by atoms with van der Waals surface area (Å²) in [5.74, 6) is 0. The molecule has 0 spiro atoms. The molecule has 0 N–H and O–H groups in total. The van der Waals surface area contributed by atoms with Crippen molar-refractivity contribution >= 4 is 0 Å². The third-order valence-corrected chi connectivity index (χ3v) is 3.70. The zero-order chi connectivity index (χ0) is 12.4. The van der Waals surface area contributed by atoms with Gasteiger partial charge in [-0.25, -0.2) is 17.6 Å². The van der Waals surface area contributed by atoms with Crippen LogP contribution in [0.15, 0.2) is 0 Å². The Balaban J connectivity index is 2.75. The van der Waals surface area contributed by atoms with Crippen LogP contribution in [0, 0.1) is 10.8 Å². The van der Waals surface area contributed by atoms with Crippen LogP contribution in [-0.4, -0.2) is 26.2 Å². The predicted octanol–water partition coefficient (Wildman–Crippen LogP) is 4.00. The van der Waals surface area contributed by atoms with Gasteiger partial charge in [0.2, 0.25) is 12.9 Å². The van der Waals surface area contributed by atoms with E-state index in [-0.39, 0.29) is 25.7 Å². The smallest absolute Gasteiger partial charge is 0.246 e. The maximum Gasteiger partial charge on any atom is 0.246 e. The highest BCUT2D eigenvalue weighted by atomic mass is 19.3. The fourth-order valence-electron chi connectivity index (χ4n) is 2.07. The SMILES string of the molecule is FCC1(C(F)F)CCC(CF)(C(F)F)CC1. The van der Waals surface area contributed by atoms with Gasteiger partial charge in [0.1, 0.15) is 13.3 Å². The molecule has 0 aromatic carbocycles. The molecule has 0 bridgehead atoms. The van der Waals surface area contributed by atoms with Gasteiger partial charge in [-0.2, -0.15) is 0 Å². The van der Waals surface area contributed by atoms with Crippen molar-refractivity contribution in [2.45, 2.75) is 38.5 Å². The van der Waals surface area contributed by atoms with Gasteiger partial charge >= 0.3 is 0 Å². The summed E-state index contributed by atoms with van der Waals surface area (Å²) >= 11 is 0. The van der Waals surface area contributed by atoms with E-state index in [9.17, 15) is 26.3 Å². The standard InChI is InChI=1S/C10H14F6/c11-5-9(7(13)14)1-2-10(6-12,4-3-9)8(15)16/h7-8H,1-6H2. The molecule has 1 aliphatic rings. The predicted molar refractivity (Wildman–Crippen MR) is 47.3 cm³/mol. The Bertz CT molecular complexity index is 195. The van der Waals surface area contributed by atoms with Crippen molar-refractivity contribution in [2.24, 2.45) is 10.8 Å². The minimum absolute atomic E-state index is 0.380. The highest BCUT2D eigenvalue weighted by Crippen LogP contribution is 2.51. The molecule has 0 unspecified atom stereocenters. The van der Waals surface area contributed by atoms with Gasteiger partial charge in [0.15, 0.2) is 0 Å². The second kappa shape index (κ2) is 4.84. The van der Waals surface area contributed by atoms with E-state index in [4.69, 9.17) is 0 Å². The van der Waals surface area contributed by atoms with Crippen molar-refractivity contribution in [3.8, 4) is 0 Å². The number of halogens is 6. The van der Waals surface area contributed by atoms with E-state index in [0.717, 1.165) is 0 Å². The van der Waals surface area contributed by atoms with Gasteiger partial charge in [-0.05, 0) is 25.7 Å². The Morgan fingerprint density at radius 1 is 0.688 bits per heavy atom. The van der Waals surface area contributed by atoms with Gasteiger partial charge in [-0.15, -0.1) is 0 Å². The summed E-state index contributed by atoms with van der Waals surface area (Å²) in [5.41, 5.74) is -3.68. The van der Waals surface area contributed by atoms with E-state index in [1.807, 2.05) is 0 Å². The molecule has 0 saturated heterocycles. The largest absolute Gasteiger partial charge is 0.250 e. The molecule has 0 aromatic rings. The van der Waals surface area contributed by atoms with Gasteiger partial charge in [-0.1, -0.05) is 0 Å². The summed E-state index contributed by atoms with van der Waals surface area (Å²) in [4.78, 5) is 0. The maximum absolute atomic E-state index is 12.6. The number of hydrogen-bond acceptors (Lipinski definition) is 0. The second-order valence-electron chi connectivity index (χ2n) is 4.59. The number of rotatable bonds is 4. The topological polar surface area (TPSA) is 0 Å². The number of alkyl halides is 6. The fraction of sp³-hybridized carbons (Fsp3) is 1.00. The Hall–Kier alpha value is -0.420. The lowest BCUT2D eigenvalue weighted by Crippen LogP contribution is -2.44. The summed E-state index contributed by atoms with van der Waals surface area (Å²) in [6.45, 7) is -2.48. The Morgan fingerprint density at radius 3 is 1.06 bits per heavy atom. The van der Waals surface area contributed by atoms with Crippen molar-refractivity contribution in [1.29, 1.82) is 0 Å². The first-order valence-corrected chi connectivity index (χ1v) is 5.11. The lowest BCUT2D eigenvalue weighted by Gasteiger charge is -2.43. The second-order valence-corrected chi connectivity index (χ2v) is 4.59. The van der Waals surface area contributed by atoms with Gasteiger partial charge in [0, 0.05) is 0 Å². The van der Waals surface area contributed by atoms with E-state index in [2.05, 4.69) is 0 Å². The molecule has 6 heteroatoms. The minimum atomic E-state index is -2.88. The molecule has 0 amide bonds. The molecular weight excluding hydrogens is 234 g/mol. The monoisotopic (exact) mass is 248 g/mol. The molecule has 0 aliphatic heterocycles. The molecule has 0 atom stereocenters. The van der Waals surface area contributed by atoms with Gasteiger partial charge in [0.05, 0.1) is 10.8 Å². The highest BCUT2D eigenvalue weighted by molar-refractivity contribution is 4.95. The maximum atomic E-state index is 12.6. The molecule has 1 fully saturated rings. The first-order chi connectivity index (χ1) is 7.42. The van der Waals surface area contributed by atoms with E-state index < -0.39 is 37.0 Å². The van der Waals surface area contributed by atoms with Crippen molar-refractivity contribution < 1.29 is 26.3 Å². The summed E-state index contributed by atoms with van der Waals surface area (Å²) in [6.07, 6.45) is -7.28. The van der Waals surface area contributed by atoms with Gasteiger partial charge < -0.3 is 0 Å². The Kier molecular flexibility index (Phi) is 4.12. The molecule has 1 aliphatic carbocycles. The van der Waals surface area contributed by atoms with Crippen molar-refractivity contribution in [2.75, 3.05) is 13.3 Å². The first-order valence-electron chi connectivity index (χ1n) is 5.11. The summed E-state index contributed by atoms with van der Waals surface area (Å²) in [7, 11) is 0. The van der Waals surface area contributed by atoms with Crippen LogP contribution < -0.4 is 0 Å². The van der Waals surface area contributed by atoms with E-state index in [1.165, 1.54) is 0 Å². The van der Waals surface area contributed by atoms with Crippen LogP contribution in [0.1, 0.15) is 25.7 Å². The molecule has 0 radical (unpaired) electrons. The van der Waals surface area contributed by atoms with Crippen molar-refractivity contribution in [1.82, 2.24) is 0 Å². The van der Waals surface area contributed by atoms with E-state index >= 15 is 0 Å². The average Bonchev–Trinajstić information content (AvgIpc) is 2.28. The summed E-state index contributed by atoms with van der Waals surface area (Å²) in [5, 5.41) is 0. The Morgan fingerprint density at radius 2 is 0.938 bits per heavy atom. The lowest BCUT2D eigenvalue weighted by atomic mass is 9.64. The average molecular weight is 248 g/mol. The van der Waals surface area contributed by atoms with E-state index in [0.29, 0.717) is 0 Å². The third kappa shape index (κ3) is 2.15. The first kappa shape index (κ1) is 13.6. The minimum Gasteiger partial charge on any atom is -0.250 e. The van der Waals surface area contributed by atoms with Gasteiger partial charge in [0.25, 0.3) is 0 Å². The molecule has 1 rings (SSSR count). The zero-order valence-corrected chi connectivity index (χ0v) is 8.67. The molecular formula is C10H14F6. The summed E-state index contributed by atoms with van der Waals surface area (Å²) in [6, 6.07) is 0. The number of hydrogen-bond donors (Lipinski definition) is 0. The van der Waals surface area contributed by atoms with Gasteiger partial charge in [-0.3, -0.25) is 8.78 Å². The Labute approximate surface area is 90.0 Å². The fourth-order valence-corrected chi connectivity index (χ4v) is 2.07. The third-order valence-electron chi connectivity index (χ3n) is 3.70. The van der Waals surface area contributed by atoms with Crippen LogP contribution in [0.4, 0.5) is 26.3 Å². The normalized spacial score (nSPS) is 36.0. The van der Waals surface area contributed by atoms with E-state index in [1.54, 1.807) is 0 Å². The summed E-state index contributed by atoms with van der Waals surface area (Å²) < 4.78 is 75.6. The highest BCUT2D eigenvalue weighted by Gasteiger charge is 2.51. The molecule has 16 heavy (non-hydrogen) atoms. The van der Waals surface area contributed by atoms with Crippen LogP contribution >= 0.6 is 0 Å². The van der Waals surface area contributed by atoms with Crippen LogP contribution in [-0.2, 0) is 0 Å². The molecule has 1 saturated carbocycles. The van der Waals surface area contributed by atoms with Crippen LogP contribution in [0.25, 0.3) is 0 Å². The quantitative estimate of drug-likeness (QED) is 0.659. The van der Waals surface area contributed by atoms with Crippen LogP contribution in [0.5, 0.6) is 0 Å². The van der Waals surface area contributed by atoms with Crippen LogP contribution in [0.3, 0.4) is 0 Å². The zero-order valence-electron chi connectivity index (χ0n) is 8.67. The molecule has 96 valence electrons. The molecule has 0 nitrogen and oxygen atoms in total. The molecule has 0 aromatic heterocycles. The van der Waals surface area contributed by atoms with Crippen LogP contribution in [0.2, 0.25) is 0 Å². The lowest BCUT2D eigenvalue weighted by molar-refractivity contribution is -0.114. The van der Waals surface area contributed by atoms with Crippen molar-refractivity contribution in [3.63, 3.8) is 0 Å². The van der Waals surface area contributed by atoms with Crippen molar-refractivity contribution in [3.05, 3.63) is 0 Å². The molecule has 0 heterocycles.